The number of rotatable bonds is 0. The van der Waals surface area contributed by atoms with Gasteiger partial charge in [-0.15, -0.1) is 0 Å². The highest BCUT2D eigenvalue weighted by molar-refractivity contribution is 14.1. The van der Waals surface area contributed by atoms with E-state index in [9.17, 15) is 0 Å². The summed E-state index contributed by atoms with van der Waals surface area (Å²) in [6.07, 6.45) is 0. The maximum absolute atomic E-state index is 5.70. The molecule has 0 aliphatic rings. The molecule has 0 spiro atoms. The highest BCUT2D eigenvalue weighted by Crippen LogP contribution is 2.27. The maximum atomic E-state index is 5.70. The number of nitrogen functional groups attached to an aromatic ring is 2. The molecule has 0 bridgehead atoms. The molecule has 0 atom stereocenters. The SMILES string of the molecule is Nc1cc(I)cc(N)c1Cl. The van der Waals surface area contributed by atoms with Gasteiger partial charge in [0, 0.05) is 3.57 Å². The van der Waals surface area contributed by atoms with E-state index in [4.69, 9.17) is 23.1 Å². The van der Waals surface area contributed by atoms with Crippen molar-refractivity contribution in [3.63, 3.8) is 0 Å². The van der Waals surface area contributed by atoms with Gasteiger partial charge in [0.2, 0.25) is 0 Å². The molecule has 0 aliphatic heterocycles. The quantitative estimate of drug-likeness (QED) is 0.559. The van der Waals surface area contributed by atoms with Crippen LogP contribution < -0.4 is 11.5 Å². The van der Waals surface area contributed by atoms with Crippen molar-refractivity contribution in [3.05, 3.63) is 20.7 Å². The van der Waals surface area contributed by atoms with Gasteiger partial charge in [0.05, 0.1) is 16.4 Å². The van der Waals surface area contributed by atoms with Crippen molar-refractivity contribution in [1.82, 2.24) is 0 Å². The van der Waals surface area contributed by atoms with Crippen LogP contribution in [0.1, 0.15) is 0 Å². The molecule has 1 aromatic rings. The lowest BCUT2D eigenvalue weighted by atomic mass is 10.3. The fourth-order valence-electron chi connectivity index (χ4n) is 0.632. The van der Waals surface area contributed by atoms with Gasteiger partial charge >= 0.3 is 0 Å². The van der Waals surface area contributed by atoms with Gasteiger partial charge in [-0.1, -0.05) is 11.6 Å². The van der Waals surface area contributed by atoms with Gasteiger partial charge in [-0.25, -0.2) is 0 Å². The molecule has 0 heterocycles. The van der Waals surface area contributed by atoms with Crippen LogP contribution in [0, 0.1) is 3.57 Å². The molecule has 0 aromatic heterocycles. The van der Waals surface area contributed by atoms with Crippen molar-refractivity contribution in [2.24, 2.45) is 0 Å². The molecule has 0 aliphatic carbocycles. The Morgan fingerprint density at radius 1 is 1.20 bits per heavy atom. The number of nitrogens with two attached hydrogens (primary N) is 2. The Balaban J connectivity index is 3.31. The molecule has 1 rings (SSSR count). The van der Waals surface area contributed by atoms with Crippen LogP contribution in [-0.4, -0.2) is 0 Å². The van der Waals surface area contributed by atoms with Crippen molar-refractivity contribution in [2.75, 3.05) is 11.5 Å². The van der Waals surface area contributed by atoms with E-state index >= 15 is 0 Å². The van der Waals surface area contributed by atoms with E-state index in [0.717, 1.165) is 3.57 Å². The minimum absolute atomic E-state index is 0.445. The predicted octanol–water partition coefficient (Wildman–Crippen LogP) is 2.11. The molecule has 0 amide bonds. The first-order chi connectivity index (χ1) is 4.61. The molecule has 0 unspecified atom stereocenters. The Kier molecular flexibility index (Phi) is 2.25. The number of hydrogen-bond acceptors (Lipinski definition) is 2. The highest BCUT2D eigenvalue weighted by Gasteiger charge is 2.00. The molecule has 1 aromatic carbocycles. The average Bonchev–Trinajstić information content (AvgIpc) is 1.82. The second-order valence-corrected chi connectivity index (χ2v) is 3.52. The number of halogens is 2. The first-order valence-corrected chi connectivity index (χ1v) is 4.07. The smallest absolute Gasteiger partial charge is 0.0865 e. The molecule has 4 heteroatoms. The Bertz CT molecular complexity index is 239. The second-order valence-electron chi connectivity index (χ2n) is 1.90. The van der Waals surface area contributed by atoms with Gasteiger partial charge in [-0.05, 0) is 34.7 Å². The lowest BCUT2D eigenvalue weighted by Gasteiger charge is -2.01. The van der Waals surface area contributed by atoms with Crippen molar-refractivity contribution in [3.8, 4) is 0 Å². The number of hydrogen-bond donors (Lipinski definition) is 2. The third kappa shape index (κ3) is 1.46. The van der Waals surface area contributed by atoms with E-state index in [2.05, 4.69) is 22.6 Å². The fourth-order valence-corrected chi connectivity index (χ4v) is 1.41. The summed E-state index contributed by atoms with van der Waals surface area (Å²) in [7, 11) is 0. The molecule has 0 saturated heterocycles. The van der Waals surface area contributed by atoms with Gasteiger partial charge in [0.25, 0.3) is 0 Å². The summed E-state index contributed by atoms with van der Waals surface area (Å²) in [5.41, 5.74) is 12.1. The minimum atomic E-state index is 0.445. The molecule has 54 valence electrons. The number of benzene rings is 1. The summed E-state index contributed by atoms with van der Waals surface area (Å²) in [6.45, 7) is 0. The van der Waals surface area contributed by atoms with E-state index in [1.54, 1.807) is 12.1 Å². The van der Waals surface area contributed by atoms with E-state index in [0.29, 0.717) is 16.4 Å². The Morgan fingerprint density at radius 2 is 1.60 bits per heavy atom. The van der Waals surface area contributed by atoms with Crippen LogP contribution in [0.3, 0.4) is 0 Å². The zero-order valence-corrected chi connectivity index (χ0v) is 7.98. The van der Waals surface area contributed by atoms with Crippen molar-refractivity contribution >= 4 is 45.6 Å². The van der Waals surface area contributed by atoms with Crippen LogP contribution in [0.25, 0.3) is 0 Å². The molecule has 2 nitrogen and oxygen atoms in total. The molecule has 10 heavy (non-hydrogen) atoms. The van der Waals surface area contributed by atoms with E-state index in [-0.39, 0.29) is 0 Å². The van der Waals surface area contributed by atoms with Crippen LogP contribution in [-0.2, 0) is 0 Å². The van der Waals surface area contributed by atoms with Gasteiger partial charge < -0.3 is 11.5 Å². The van der Waals surface area contributed by atoms with Crippen LogP contribution >= 0.6 is 34.2 Å². The Labute approximate surface area is 77.7 Å². The molecule has 0 radical (unpaired) electrons. The monoisotopic (exact) mass is 268 g/mol. The van der Waals surface area contributed by atoms with Gasteiger partial charge in [-0.2, -0.15) is 0 Å². The van der Waals surface area contributed by atoms with Crippen LogP contribution in [0.4, 0.5) is 11.4 Å². The first-order valence-electron chi connectivity index (χ1n) is 2.61. The minimum Gasteiger partial charge on any atom is -0.397 e. The number of anilines is 2. The third-order valence-corrected chi connectivity index (χ3v) is 2.15. The second kappa shape index (κ2) is 2.84. The summed E-state index contributed by atoms with van der Waals surface area (Å²) in [4.78, 5) is 0. The van der Waals surface area contributed by atoms with Crippen molar-refractivity contribution < 1.29 is 0 Å². The zero-order chi connectivity index (χ0) is 7.72. The topological polar surface area (TPSA) is 52.0 Å². The molecule has 0 fully saturated rings. The van der Waals surface area contributed by atoms with Crippen LogP contribution in [0.15, 0.2) is 12.1 Å². The zero-order valence-electron chi connectivity index (χ0n) is 5.07. The molecular weight excluding hydrogens is 262 g/mol. The molecular formula is C6H6ClIN2. The summed E-state index contributed by atoms with van der Waals surface area (Å²) in [5.74, 6) is 0. The van der Waals surface area contributed by atoms with Gasteiger partial charge in [0.15, 0.2) is 0 Å². The van der Waals surface area contributed by atoms with Gasteiger partial charge in [0.1, 0.15) is 0 Å². The van der Waals surface area contributed by atoms with E-state index < -0.39 is 0 Å². The lowest BCUT2D eigenvalue weighted by Crippen LogP contribution is -1.93. The van der Waals surface area contributed by atoms with Gasteiger partial charge in [-0.3, -0.25) is 0 Å². The normalized spacial score (nSPS) is 9.80. The lowest BCUT2D eigenvalue weighted by molar-refractivity contribution is 1.62. The average molecular weight is 268 g/mol. The molecule has 0 saturated carbocycles. The third-order valence-electron chi connectivity index (χ3n) is 1.09. The van der Waals surface area contributed by atoms with Crippen LogP contribution in [0.5, 0.6) is 0 Å². The maximum Gasteiger partial charge on any atom is 0.0865 e. The first kappa shape index (κ1) is 7.94. The van der Waals surface area contributed by atoms with Crippen molar-refractivity contribution in [1.29, 1.82) is 0 Å². The predicted molar refractivity (Wildman–Crippen MR) is 53.0 cm³/mol. The standard InChI is InChI=1S/C6H6ClIN2/c7-6-4(9)1-3(8)2-5(6)10/h1-2H,9-10H2. The summed E-state index contributed by atoms with van der Waals surface area (Å²) >= 11 is 7.83. The Morgan fingerprint density at radius 3 is 2.00 bits per heavy atom. The van der Waals surface area contributed by atoms with Crippen molar-refractivity contribution in [2.45, 2.75) is 0 Å². The Hall–Kier alpha value is -0.160. The fraction of sp³-hybridized carbons (Fsp3) is 0. The largest absolute Gasteiger partial charge is 0.397 e. The summed E-state index contributed by atoms with van der Waals surface area (Å²) in [5, 5.41) is 0.445. The molecule has 4 N–H and O–H groups in total. The van der Waals surface area contributed by atoms with E-state index in [1.807, 2.05) is 0 Å². The summed E-state index contributed by atoms with van der Waals surface area (Å²) in [6, 6.07) is 3.55. The van der Waals surface area contributed by atoms with E-state index in [1.165, 1.54) is 0 Å². The van der Waals surface area contributed by atoms with Crippen LogP contribution in [0.2, 0.25) is 5.02 Å². The highest BCUT2D eigenvalue weighted by atomic mass is 127. The summed E-state index contributed by atoms with van der Waals surface area (Å²) < 4.78 is 0.997.